The highest BCUT2D eigenvalue weighted by Gasteiger charge is 2.30. The highest BCUT2D eigenvalue weighted by atomic mass is 19.1. The van der Waals surface area contributed by atoms with E-state index in [1.165, 1.54) is 12.1 Å². The molecule has 2 amide bonds. The van der Waals surface area contributed by atoms with Gasteiger partial charge in [0.1, 0.15) is 11.5 Å². The number of carbonyl (C=O) groups excluding carboxylic acids is 2. The van der Waals surface area contributed by atoms with E-state index in [0.717, 1.165) is 48.3 Å². The maximum atomic E-state index is 14.4. The van der Waals surface area contributed by atoms with E-state index in [-0.39, 0.29) is 37.2 Å². The number of nitrogens with one attached hydrogen (secondary N) is 1. The Hall–Kier alpha value is -4.80. The number of aromatic nitrogens is 1. The molecule has 4 N–H and O–H groups in total. The molecule has 0 bridgehead atoms. The van der Waals surface area contributed by atoms with Crippen LogP contribution in [-0.2, 0) is 17.8 Å². The van der Waals surface area contributed by atoms with Crippen LogP contribution in [0.4, 0.5) is 4.39 Å². The van der Waals surface area contributed by atoms with Crippen molar-refractivity contribution in [1.29, 1.82) is 0 Å². The Balaban J connectivity index is 1.55. The first-order valence-corrected chi connectivity index (χ1v) is 16.9. The van der Waals surface area contributed by atoms with Gasteiger partial charge >= 0.3 is 5.97 Å². The first-order chi connectivity index (χ1) is 23.5. The first kappa shape index (κ1) is 35.5. The second-order valence-electron chi connectivity index (χ2n) is 12.9. The average molecular weight is 670 g/mol. The molecule has 2 heterocycles. The number of hydrogen-bond donors (Lipinski definition) is 4. The number of carboxylic acids is 1. The SMILES string of the molecule is CC(C)n1c(CCC(O)CC(O)CC(=O)O)c(-c2ccc(F)cc2)c(-c2ccccc2)c1C(=O)NCc1cccc(C(=O)N2CCCC2)c1. The van der Waals surface area contributed by atoms with Gasteiger partial charge in [-0.2, -0.15) is 0 Å². The van der Waals surface area contributed by atoms with Gasteiger partial charge in [-0.3, -0.25) is 14.4 Å². The predicted octanol–water partition coefficient (Wildman–Crippen LogP) is 6.23. The molecule has 3 aromatic carbocycles. The van der Waals surface area contributed by atoms with Crippen LogP contribution in [0.3, 0.4) is 0 Å². The largest absolute Gasteiger partial charge is 0.481 e. The second-order valence-corrected chi connectivity index (χ2v) is 12.9. The van der Waals surface area contributed by atoms with Crippen LogP contribution < -0.4 is 5.32 Å². The molecule has 2 atom stereocenters. The lowest BCUT2D eigenvalue weighted by atomic mass is 9.92. The van der Waals surface area contributed by atoms with Gasteiger partial charge in [-0.15, -0.1) is 0 Å². The molecule has 1 fully saturated rings. The molecule has 4 aromatic rings. The van der Waals surface area contributed by atoms with Crippen molar-refractivity contribution in [3.8, 4) is 22.3 Å². The predicted molar refractivity (Wildman–Crippen MR) is 186 cm³/mol. The molecule has 9 nitrogen and oxygen atoms in total. The van der Waals surface area contributed by atoms with Crippen molar-refractivity contribution in [2.75, 3.05) is 13.1 Å². The van der Waals surface area contributed by atoms with Crippen LogP contribution in [0.25, 0.3) is 22.3 Å². The third kappa shape index (κ3) is 8.63. The van der Waals surface area contributed by atoms with E-state index in [9.17, 15) is 29.0 Å². The normalized spacial score (nSPS) is 14.2. The van der Waals surface area contributed by atoms with Crippen LogP contribution in [0.1, 0.15) is 84.1 Å². The minimum atomic E-state index is -1.20. The fraction of sp³-hybridized carbons (Fsp3) is 0.359. The van der Waals surface area contributed by atoms with E-state index >= 15 is 0 Å². The van der Waals surface area contributed by atoms with Crippen LogP contribution in [0.2, 0.25) is 0 Å². The van der Waals surface area contributed by atoms with Gasteiger partial charge in [0.25, 0.3) is 11.8 Å². The summed E-state index contributed by atoms with van der Waals surface area (Å²) in [4.78, 5) is 40.4. The summed E-state index contributed by atoms with van der Waals surface area (Å²) in [5, 5.41) is 33.1. The van der Waals surface area contributed by atoms with Crippen molar-refractivity contribution in [2.45, 2.75) is 77.2 Å². The van der Waals surface area contributed by atoms with Gasteiger partial charge in [-0.1, -0.05) is 54.6 Å². The van der Waals surface area contributed by atoms with Gasteiger partial charge in [0.15, 0.2) is 0 Å². The van der Waals surface area contributed by atoms with Crippen molar-refractivity contribution in [3.63, 3.8) is 0 Å². The van der Waals surface area contributed by atoms with Gasteiger partial charge < -0.3 is 30.1 Å². The number of rotatable bonds is 14. The lowest BCUT2D eigenvalue weighted by Gasteiger charge is -2.20. The number of amides is 2. The Morgan fingerprint density at radius 1 is 0.857 bits per heavy atom. The second kappa shape index (κ2) is 16.1. The van der Waals surface area contributed by atoms with E-state index in [4.69, 9.17) is 5.11 Å². The van der Waals surface area contributed by atoms with Crippen molar-refractivity contribution < 1.29 is 34.1 Å². The van der Waals surface area contributed by atoms with Crippen LogP contribution in [0, 0.1) is 5.82 Å². The molecule has 258 valence electrons. The summed E-state index contributed by atoms with van der Waals surface area (Å²) in [6, 6.07) is 22.7. The minimum absolute atomic E-state index is 0.0167. The Bertz CT molecular complexity index is 1760. The smallest absolute Gasteiger partial charge is 0.305 e. The lowest BCUT2D eigenvalue weighted by Crippen LogP contribution is -2.29. The standard InChI is InChI=1S/C39H44FN3O6/c1-25(2)43-33(18-17-31(44)22-32(45)23-34(46)47)35(28-13-15-30(40)16-14-28)36(27-10-4-3-5-11-27)37(43)38(48)41-24-26-9-8-12-29(21-26)39(49)42-19-6-7-20-42/h3-5,8-16,21,25,31-32,44-45H,6-7,17-20,22-24H2,1-2H3,(H,41,48)(H,46,47). The van der Waals surface area contributed by atoms with E-state index in [0.29, 0.717) is 28.8 Å². The van der Waals surface area contributed by atoms with Crippen LogP contribution in [0.15, 0.2) is 78.9 Å². The summed E-state index contributed by atoms with van der Waals surface area (Å²) in [5.74, 6) is -1.91. The van der Waals surface area contributed by atoms with Gasteiger partial charge in [0.05, 0.1) is 18.6 Å². The molecular weight excluding hydrogens is 625 g/mol. The number of carbonyl (C=O) groups is 3. The molecule has 1 saturated heterocycles. The van der Waals surface area contributed by atoms with Gasteiger partial charge in [0, 0.05) is 48.1 Å². The highest BCUT2D eigenvalue weighted by molar-refractivity contribution is 6.05. The molecule has 2 unspecified atom stereocenters. The highest BCUT2D eigenvalue weighted by Crippen LogP contribution is 2.42. The molecule has 10 heteroatoms. The molecule has 0 radical (unpaired) electrons. The molecule has 49 heavy (non-hydrogen) atoms. The molecule has 1 aromatic heterocycles. The fourth-order valence-electron chi connectivity index (χ4n) is 6.69. The summed E-state index contributed by atoms with van der Waals surface area (Å²) >= 11 is 0. The molecule has 5 rings (SSSR count). The molecule has 0 saturated carbocycles. The molecule has 0 aliphatic carbocycles. The molecular formula is C39H44FN3O6. The van der Waals surface area contributed by atoms with Crippen molar-refractivity contribution in [3.05, 3.63) is 107 Å². The van der Waals surface area contributed by atoms with E-state index in [1.54, 1.807) is 18.2 Å². The monoisotopic (exact) mass is 669 g/mol. The Labute approximate surface area is 286 Å². The van der Waals surface area contributed by atoms with Gasteiger partial charge in [0.2, 0.25) is 0 Å². The molecule has 0 spiro atoms. The quantitative estimate of drug-likeness (QED) is 0.126. The summed E-state index contributed by atoms with van der Waals surface area (Å²) in [6.45, 7) is 5.59. The Morgan fingerprint density at radius 2 is 1.53 bits per heavy atom. The maximum absolute atomic E-state index is 14.4. The number of halogens is 1. The Kier molecular flexibility index (Phi) is 11.6. The number of benzene rings is 3. The Morgan fingerprint density at radius 3 is 2.18 bits per heavy atom. The van der Waals surface area contributed by atoms with E-state index in [2.05, 4.69) is 5.32 Å². The number of aliphatic hydroxyl groups excluding tert-OH is 2. The zero-order chi connectivity index (χ0) is 35.1. The maximum Gasteiger partial charge on any atom is 0.305 e. The summed E-state index contributed by atoms with van der Waals surface area (Å²) < 4.78 is 16.1. The van der Waals surface area contributed by atoms with E-state index < -0.39 is 30.4 Å². The number of aliphatic carboxylic acids is 1. The molecule has 1 aliphatic heterocycles. The van der Waals surface area contributed by atoms with Crippen LogP contribution in [0.5, 0.6) is 0 Å². The number of carboxylic acid groups (broad SMARTS) is 1. The number of nitrogens with zero attached hydrogens (tertiary/aromatic N) is 2. The van der Waals surface area contributed by atoms with Crippen molar-refractivity contribution >= 4 is 17.8 Å². The van der Waals surface area contributed by atoms with Gasteiger partial charge in [-0.05, 0) is 86.9 Å². The van der Waals surface area contributed by atoms with Crippen molar-refractivity contribution in [2.24, 2.45) is 0 Å². The topological polar surface area (TPSA) is 132 Å². The number of aliphatic hydroxyl groups is 2. The lowest BCUT2D eigenvalue weighted by molar-refractivity contribution is -0.139. The fourth-order valence-corrected chi connectivity index (χ4v) is 6.69. The van der Waals surface area contributed by atoms with Crippen molar-refractivity contribution in [1.82, 2.24) is 14.8 Å². The summed E-state index contributed by atoms with van der Waals surface area (Å²) in [5.41, 5.74) is 5.37. The summed E-state index contributed by atoms with van der Waals surface area (Å²) in [7, 11) is 0. The number of likely N-dealkylation sites (tertiary alicyclic amines) is 1. The average Bonchev–Trinajstić information content (AvgIpc) is 3.74. The zero-order valence-corrected chi connectivity index (χ0v) is 27.9. The van der Waals surface area contributed by atoms with Gasteiger partial charge in [-0.25, -0.2) is 4.39 Å². The third-order valence-electron chi connectivity index (χ3n) is 8.92. The first-order valence-electron chi connectivity index (χ1n) is 16.9. The molecule has 1 aliphatic rings. The number of hydrogen-bond acceptors (Lipinski definition) is 5. The van der Waals surface area contributed by atoms with Crippen LogP contribution in [-0.4, -0.2) is 67.9 Å². The zero-order valence-electron chi connectivity index (χ0n) is 27.9. The third-order valence-corrected chi connectivity index (χ3v) is 8.92. The van der Waals surface area contributed by atoms with Crippen LogP contribution >= 0.6 is 0 Å². The van der Waals surface area contributed by atoms with E-state index in [1.807, 2.05) is 71.8 Å². The summed E-state index contributed by atoms with van der Waals surface area (Å²) in [6.07, 6.45) is -0.321. The minimum Gasteiger partial charge on any atom is -0.481 e.